The molecule has 0 aromatic carbocycles. The molecule has 0 aliphatic carbocycles. The average Bonchev–Trinajstić information content (AvgIpc) is 3.09. The van der Waals surface area contributed by atoms with Gasteiger partial charge >= 0.3 is 0 Å². The molecule has 90 valence electrons. The minimum absolute atomic E-state index is 0.526. The van der Waals surface area contributed by atoms with E-state index in [0.29, 0.717) is 6.04 Å². The van der Waals surface area contributed by atoms with Crippen LogP contribution in [0.5, 0.6) is 0 Å². The minimum atomic E-state index is 0.526. The topological polar surface area (TPSA) is 34.2 Å². The fourth-order valence-corrected chi connectivity index (χ4v) is 2.53. The molecular weight excluding hydrogens is 214 g/mol. The van der Waals surface area contributed by atoms with Crippen molar-refractivity contribution in [3.63, 3.8) is 0 Å². The maximum absolute atomic E-state index is 5.43. The van der Waals surface area contributed by atoms with Gasteiger partial charge < -0.3 is 13.9 Å². The van der Waals surface area contributed by atoms with E-state index in [4.69, 9.17) is 4.42 Å². The summed E-state index contributed by atoms with van der Waals surface area (Å²) < 4.78 is 7.68. The number of furan rings is 1. The van der Waals surface area contributed by atoms with Crippen LogP contribution in [-0.2, 0) is 0 Å². The summed E-state index contributed by atoms with van der Waals surface area (Å²) >= 11 is 0. The lowest BCUT2D eigenvalue weighted by Crippen LogP contribution is -2.21. The maximum Gasteiger partial charge on any atom is 0.176 e. The molecule has 4 heteroatoms. The van der Waals surface area contributed by atoms with Gasteiger partial charge in [0.25, 0.3) is 0 Å². The molecule has 1 saturated heterocycles. The third-order valence-electron chi connectivity index (χ3n) is 3.50. The second-order valence-corrected chi connectivity index (χ2v) is 4.47. The van der Waals surface area contributed by atoms with E-state index in [0.717, 1.165) is 24.7 Å². The molecule has 1 atom stereocenters. The summed E-state index contributed by atoms with van der Waals surface area (Å²) in [4.78, 5) is 6.87. The molecule has 17 heavy (non-hydrogen) atoms. The summed E-state index contributed by atoms with van der Waals surface area (Å²) in [6.45, 7) is 5.63. The molecule has 1 aliphatic rings. The fraction of sp³-hybridized carbons (Fsp3) is 0.462. The van der Waals surface area contributed by atoms with Crippen molar-refractivity contribution >= 4 is 0 Å². The number of likely N-dealkylation sites (tertiary alicyclic amines) is 1. The molecule has 0 N–H and O–H groups in total. The molecule has 3 rings (SSSR count). The summed E-state index contributed by atoms with van der Waals surface area (Å²) in [5.74, 6) is 1.79. The molecule has 0 bridgehead atoms. The Labute approximate surface area is 101 Å². The van der Waals surface area contributed by atoms with E-state index in [9.17, 15) is 0 Å². The summed E-state index contributed by atoms with van der Waals surface area (Å²) in [5.41, 5.74) is 0. The first-order chi connectivity index (χ1) is 8.38. The van der Waals surface area contributed by atoms with Gasteiger partial charge in [-0.3, -0.25) is 0 Å². The third-order valence-corrected chi connectivity index (χ3v) is 3.50. The summed E-state index contributed by atoms with van der Waals surface area (Å²) in [5, 5.41) is 0. The fourth-order valence-electron chi connectivity index (χ4n) is 2.53. The largest absolute Gasteiger partial charge is 0.461 e. The predicted molar refractivity (Wildman–Crippen MR) is 65.7 cm³/mol. The highest BCUT2D eigenvalue weighted by molar-refractivity contribution is 5.47. The van der Waals surface area contributed by atoms with Gasteiger partial charge in [-0.2, -0.15) is 0 Å². The number of likely N-dealkylation sites (N-methyl/N-ethyl adjacent to an activating group) is 1. The zero-order valence-corrected chi connectivity index (χ0v) is 10.0. The Balaban J connectivity index is 1.87. The lowest BCUT2D eigenvalue weighted by atomic mass is 10.2. The van der Waals surface area contributed by atoms with E-state index in [1.165, 1.54) is 13.0 Å². The molecule has 1 fully saturated rings. The van der Waals surface area contributed by atoms with Crippen molar-refractivity contribution in [2.75, 3.05) is 19.6 Å². The van der Waals surface area contributed by atoms with Gasteiger partial charge in [-0.15, -0.1) is 0 Å². The Hall–Kier alpha value is -1.55. The second kappa shape index (κ2) is 4.37. The normalized spacial score (nSPS) is 21.1. The highest BCUT2D eigenvalue weighted by atomic mass is 16.3. The SMILES string of the molecule is CCN1CCC(n2ccnc2-c2ccco2)C1. The van der Waals surface area contributed by atoms with Crippen LogP contribution in [0, 0.1) is 0 Å². The Morgan fingerprint density at radius 2 is 2.47 bits per heavy atom. The van der Waals surface area contributed by atoms with Gasteiger partial charge in [0, 0.05) is 31.5 Å². The van der Waals surface area contributed by atoms with Crippen LogP contribution >= 0.6 is 0 Å². The van der Waals surface area contributed by atoms with Gasteiger partial charge in [-0.05, 0) is 25.1 Å². The number of hydrogen-bond acceptors (Lipinski definition) is 3. The van der Waals surface area contributed by atoms with Gasteiger partial charge in [-0.25, -0.2) is 4.98 Å². The Morgan fingerprint density at radius 1 is 1.53 bits per heavy atom. The lowest BCUT2D eigenvalue weighted by Gasteiger charge is -2.15. The molecule has 2 aromatic heterocycles. The van der Waals surface area contributed by atoms with Gasteiger partial charge in [0.05, 0.1) is 6.26 Å². The van der Waals surface area contributed by atoms with Crippen molar-refractivity contribution in [2.45, 2.75) is 19.4 Å². The van der Waals surface area contributed by atoms with Crippen LogP contribution < -0.4 is 0 Å². The zero-order chi connectivity index (χ0) is 11.7. The number of nitrogens with zero attached hydrogens (tertiary/aromatic N) is 3. The van der Waals surface area contributed by atoms with E-state index < -0.39 is 0 Å². The highest BCUT2D eigenvalue weighted by Crippen LogP contribution is 2.27. The maximum atomic E-state index is 5.43. The molecule has 2 aromatic rings. The van der Waals surface area contributed by atoms with Gasteiger partial charge in [0.1, 0.15) is 0 Å². The van der Waals surface area contributed by atoms with Crippen LogP contribution in [0.1, 0.15) is 19.4 Å². The smallest absolute Gasteiger partial charge is 0.176 e. The van der Waals surface area contributed by atoms with Gasteiger partial charge in [-0.1, -0.05) is 6.92 Å². The van der Waals surface area contributed by atoms with E-state index in [-0.39, 0.29) is 0 Å². The van der Waals surface area contributed by atoms with E-state index in [2.05, 4.69) is 27.6 Å². The van der Waals surface area contributed by atoms with Gasteiger partial charge in [0.15, 0.2) is 11.6 Å². The molecule has 1 aliphatic heterocycles. The first kappa shape index (κ1) is 10.6. The van der Waals surface area contributed by atoms with Crippen LogP contribution in [0.15, 0.2) is 35.2 Å². The minimum Gasteiger partial charge on any atom is -0.461 e. The molecular formula is C13H17N3O. The number of imidazole rings is 1. The van der Waals surface area contributed by atoms with Crippen molar-refractivity contribution in [1.82, 2.24) is 14.5 Å². The Kier molecular flexibility index (Phi) is 2.73. The van der Waals surface area contributed by atoms with Crippen molar-refractivity contribution in [2.24, 2.45) is 0 Å². The summed E-state index contributed by atoms with van der Waals surface area (Å²) in [6.07, 6.45) is 6.80. The Bertz CT molecular complexity index is 475. The number of aromatic nitrogens is 2. The van der Waals surface area contributed by atoms with Crippen LogP contribution in [-0.4, -0.2) is 34.1 Å². The van der Waals surface area contributed by atoms with Gasteiger partial charge in [0.2, 0.25) is 0 Å². The number of rotatable bonds is 3. The molecule has 0 spiro atoms. The molecule has 4 nitrogen and oxygen atoms in total. The number of hydrogen-bond donors (Lipinski definition) is 0. The van der Waals surface area contributed by atoms with Crippen molar-refractivity contribution in [1.29, 1.82) is 0 Å². The second-order valence-electron chi connectivity index (χ2n) is 4.47. The van der Waals surface area contributed by atoms with E-state index in [1.54, 1.807) is 6.26 Å². The predicted octanol–water partition coefficient (Wildman–Crippen LogP) is 2.41. The van der Waals surface area contributed by atoms with Crippen LogP contribution in [0.3, 0.4) is 0 Å². The average molecular weight is 231 g/mol. The lowest BCUT2D eigenvalue weighted by molar-refractivity contribution is 0.341. The molecule has 0 radical (unpaired) electrons. The van der Waals surface area contributed by atoms with Crippen LogP contribution in [0.2, 0.25) is 0 Å². The third kappa shape index (κ3) is 1.89. The first-order valence-electron chi connectivity index (χ1n) is 6.17. The molecule has 1 unspecified atom stereocenters. The zero-order valence-electron chi connectivity index (χ0n) is 10.0. The molecule has 0 amide bonds. The molecule has 3 heterocycles. The van der Waals surface area contributed by atoms with E-state index >= 15 is 0 Å². The van der Waals surface area contributed by atoms with Crippen LogP contribution in [0.4, 0.5) is 0 Å². The van der Waals surface area contributed by atoms with Crippen molar-refractivity contribution in [3.05, 3.63) is 30.8 Å². The first-order valence-corrected chi connectivity index (χ1v) is 6.17. The highest BCUT2D eigenvalue weighted by Gasteiger charge is 2.24. The molecule has 0 saturated carbocycles. The van der Waals surface area contributed by atoms with Crippen molar-refractivity contribution in [3.8, 4) is 11.6 Å². The summed E-state index contributed by atoms with van der Waals surface area (Å²) in [7, 11) is 0. The van der Waals surface area contributed by atoms with Crippen LogP contribution in [0.25, 0.3) is 11.6 Å². The van der Waals surface area contributed by atoms with Crippen molar-refractivity contribution < 1.29 is 4.42 Å². The summed E-state index contributed by atoms with van der Waals surface area (Å²) in [6, 6.07) is 4.39. The standard InChI is InChI=1S/C13H17N3O/c1-2-15-7-5-11(10-15)16-8-6-14-13(16)12-4-3-9-17-12/h3-4,6,8-9,11H,2,5,7,10H2,1H3. The van der Waals surface area contributed by atoms with E-state index in [1.807, 2.05) is 18.3 Å². The quantitative estimate of drug-likeness (QED) is 0.813. The monoisotopic (exact) mass is 231 g/mol. The Morgan fingerprint density at radius 3 is 3.18 bits per heavy atom.